The fourth-order valence-electron chi connectivity index (χ4n) is 3.21. The fraction of sp³-hybridized carbons (Fsp3) is 0.400. The highest BCUT2D eigenvalue weighted by Crippen LogP contribution is 2.20. The van der Waals surface area contributed by atoms with Crippen molar-refractivity contribution in [3.05, 3.63) is 54.0 Å². The number of ether oxygens (including phenoxy) is 1. The lowest BCUT2D eigenvalue weighted by Gasteiger charge is -2.23. The molecule has 1 saturated heterocycles. The molecule has 1 unspecified atom stereocenters. The molecule has 0 amide bonds. The van der Waals surface area contributed by atoms with E-state index in [-0.39, 0.29) is 29.8 Å². The van der Waals surface area contributed by atoms with Crippen LogP contribution in [-0.2, 0) is 6.54 Å². The number of benzene rings is 1. The number of hydrogen-bond donors (Lipinski definition) is 2. The number of nitrogens with one attached hydrogen (secondary N) is 1. The number of aliphatic imine (C=N–C) groups is 1. The van der Waals surface area contributed by atoms with E-state index in [0.717, 1.165) is 25.2 Å². The van der Waals surface area contributed by atoms with E-state index in [4.69, 9.17) is 10.5 Å². The number of hydrogen-bond acceptors (Lipinski definition) is 4. The van der Waals surface area contributed by atoms with Crippen LogP contribution in [0.4, 0.5) is 4.39 Å². The summed E-state index contributed by atoms with van der Waals surface area (Å²) in [5.41, 5.74) is 6.89. The van der Waals surface area contributed by atoms with E-state index < -0.39 is 0 Å². The highest BCUT2D eigenvalue weighted by Gasteiger charge is 2.22. The van der Waals surface area contributed by atoms with Gasteiger partial charge in [0.15, 0.2) is 5.96 Å². The first kappa shape index (κ1) is 22.4. The van der Waals surface area contributed by atoms with Gasteiger partial charge in [0, 0.05) is 30.9 Å². The third kappa shape index (κ3) is 6.59. The Bertz CT molecular complexity index is 771. The Morgan fingerprint density at radius 2 is 2.25 bits per heavy atom. The first-order valence-corrected chi connectivity index (χ1v) is 9.30. The molecular formula is C20H27FIN5O. The zero-order valence-corrected chi connectivity index (χ0v) is 18.3. The lowest BCUT2D eigenvalue weighted by Crippen LogP contribution is -2.42. The Balaban J connectivity index is 0.00000280. The maximum Gasteiger partial charge on any atom is 0.219 e. The topological polar surface area (TPSA) is 75.8 Å². The summed E-state index contributed by atoms with van der Waals surface area (Å²) in [4.78, 5) is 11.1. The van der Waals surface area contributed by atoms with Gasteiger partial charge in [-0.2, -0.15) is 0 Å². The second-order valence-corrected chi connectivity index (χ2v) is 6.57. The molecule has 28 heavy (non-hydrogen) atoms. The van der Waals surface area contributed by atoms with Gasteiger partial charge < -0.3 is 15.8 Å². The van der Waals surface area contributed by atoms with E-state index in [1.807, 2.05) is 6.07 Å². The molecule has 1 fully saturated rings. The van der Waals surface area contributed by atoms with Crippen LogP contribution in [0.3, 0.4) is 0 Å². The largest absolute Gasteiger partial charge is 0.439 e. The number of likely N-dealkylation sites (tertiary alicyclic amines) is 1. The van der Waals surface area contributed by atoms with Crippen LogP contribution in [0.15, 0.2) is 47.6 Å². The molecule has 3 rings (SSSR count). The number of halogens is 2. The van der Waals surface area contributed by atoms with Crippen LogP contribution in [0.5, 0.6) is 11.6 Å². The second-order valence-electron chi connectivity index (χ2n) is 6.57. The molecule has 0 saturated carbocycles. The molecule has 1 aliphatic rings. The van der Waals surface area contributed by atoms with Crippen molar-refractivity contribution in [3.63, 3.8) is 0 Å². The molecule has 0 aliphatic carbocycles. The first-order chi connectivity index (χ1) is 13.1. The molecule has 1 atom stereocenters. The van der Waals surface area contributed by atoms with Crippen molar-refractivity contribution in [2.45, 2.75) is 32.4 Å². The summed E-state index contributed by atoms with van der Waals surface area (Å²) in [6.45, 7) is 5.68. The number of rotatable bonds is 7. The van der Waals surface area contributed by atoms with Gasteiger partial charge in [-0.15, -0.1) is 24.0 Å². The number of pyridine rings is 1. The van der Waals surface area contributed by atoms with E-state index in [2.05, 4.69) is 27.1 Å². The Morgan fingerprint density at radius 3 is 2.96 bits per heavy atom. The van der Waals surface area contributed by atoms with Crippen LogP contribution in [0.25, 0.3) is 0 Å². The van der Waals surface area contributed by atoms with Crippen LogP contribution in [0.2, 0.25) is 0 Å². The van der Waals surface area contributed by atoms with E-state index in [0.29, 0.717) is 30.2 Å². The zero-order valence-electron chi connectivity index (χ0n) is 16.0. The monoisotopic (exact) mass is 499 g/mol. The third-order valence-electron chi connectivity index (χ3n) is 4.67. The minimum Gasteiger partial charge on any atom is -0.439 e. The molecule has 3 N–H and O–H groups in total. The van der Waals surface area contributed by atoms with Gasteiger partial charge in [0.1, 0.15) is 11.6 Å². The smallest absolute Gasteiger partial charge is 0.219 e. The number of guanidine groups is 1. The van der Waals surface area contributed by atoms with Gasteiger partial charge in [0.2, 0.25) is 5.88 Å². The molecule has 0 bridgehead atoms. The minimum atomic E-state index is -0.346. The van der Waals surface area contributed by atoms with Crippen molar-refractivity contribution < 1.29 is 9.13 Å². The van der Waals surface area contributed by atoms with Gasteiger partial charge in [-0.25, -0.2) is 14.4 Å². The van der Waals surface area contributed by atoms with Crippen molar-refractivity contribution in [2.75, 3.05) is 19.6 Å². The van der Waals surface area contributed by atoms with Crippen molar-refractivity contribution in [1.82, 2.24) is 15.2 Å². The minimum absolute atomic E-state index is 0. The lowest BCUT2D eigenvalue weighted by molar-refractivity contribution is 0.267. The molecule has 0 radical (unpaired) electrons. The van der Waals surface area contributed by atoms with Gasteiger partial charge in [0.05, 0.1) is 6.54 Å². The normalized spacial score (nSPS) is 17.2. The maximum atomic E-state index is 13.2. The molecule has 2 heterocycles. The highest BCUT2D eigenvalue weighted by molar-refractivity contribution is 14.0. The van der Waals surface area contributed by atoms with Crippen LogP contribution in [-0.4, -0.2) is 41.5 Å². The number of nitrogens with zero attached hydrogens (tertiary/aromatic N) is 3. The predicted molar refractivity (Wildman–Crippen MR) is 120 cm³/mol. The standard InChI is InChI=1S/C20H26FN5O.HI/c1-2-26-10-4-6-17(26)14-25-20(22)24-13-15-8-9-19(23-12-15)27-18-7-3-5-16(21)11-18;/h3,5,7-9,11-12,17H,2,4,6,10,13-14H2,1H3,(H3,22,24,25);1H. The van der Waals surface area contributed by atoms with Crippen molar-refractivity contribution in [3.8, 4) is 11.6 Å². The molecule has 1 aromatic heterocycles. The number of nitrogens with two attached hydrogens (primary N) is 1. The van der Waals surface area contributed by atoms with Crippen molar-refractivity contribution in [2.24, 2.45) is 10.7 Å². The Kier molecular flexibility index (Phi) is 8.91. The Hall–Kier alpha value is -1.94. The molecular weight excluding hydrogens is 472 g/mol. The average molecular weight is 499 g/mol. The van der Waals surface area contributed by atoms with Gasteiger partial charge >= 0.3 is 0 Å². The summed E-state index contributed by atoms with van der Waals surface area (Å²) in [7, 11) is 0. The quantitative estimate of drug-likeness (QED) is 0.347. The van der Waals surface area contributed by atoms with Gasteiger partial charge in [-0.3, -0.25) is 4.90 Å². The van der Waals surface area contributed by atoms with E-state index in [9.17, 15) is 4.39 Å². The summed E-state index contributed by atoms with van der Waals surface area (Å²) in [5.74, 6) is 0.911. The summed E-state index contributed by atoms with van der Waals surface area (Å²) < 4.78 is 18.7. The van der Waals surface area contributed by atoms with Crippen molar-refractivity contribution in [1.29, 1.82) is 0 Å². The van der Waals surface area contributed by atoms with E-state index in [1.165, 1.54) is 25.0 Å². The van der Waals surface area contributed by atoms with Crippen LogP contribution in [0.1, 0.15) is 25.3 Å². The van der Waals surface area contributed by atoms with Crippen LogP contribution in [0, 0.1) is 5.82 Å². The summed E-state index contributed by atoms with van der Waals surface area (Å²) in [6.07, 6.45) is 4.12. The van der Waals surface area contributed by atoms with Crippen molar-refractivity contribution >= 4 is 29.9 Å². The molecule has 1 aliphatic heterocycles. The predicted octanol–water partition coefficient (Wildman–Crippen LogP) is 3.52. The first-order valence-electron chi connectivity index (χ1n) is 9.30. The maximum absolute atomic E-state index is 13.2. The zero-order chi connectivity index (χ0) is 19.1. The van der Waals surface area contributed by atoms with Gasteiger partial charge in [-0.1, -0.05) is 19.1 Å². The molecule has 152 valence electrons. The summed E-state index contributed by atoms with van der Waals surface area (Å²) >= 11 is 0. The lowest BCUT2D eigenvalue weighted by atomic mass is 10.2. The fourth-order valence-corrected chi connectivity index (χ4v) is 3.21. The van der Waals surface area contributed by atoms with Gasteiger partial charge in [-0.05, 0) is 43.6 Å². The summed E-state index contributed by atoms with van der Waals surface area (Å²) in [6, 6.07) is 10.1. The molecule has 8 heteroatoms. The molecule has 1 aromatic carbocycles. The van der Waals surface area contributed by atoms with Crippen LogP contribution >= 0.6 is 24.0 Å². The van der Waals surface area contributed by atoms with Gasteiger partial charge in [0.25, 0.3) is 0 Å². The summed E-state index contributed by atoms with van der Waals surface area (Å²) in [5, 5.41) is 3.21. The van der Waals surface area contributed by atoms with E-state index in [1.54, 1.807) is 24.4 Å². The van der Waals surface area contributed by atoms with Crippen LogP contribution < -0.4 is 15.8 Å². The molecule has 0 spiro atoms. The SMILES string of the molecule is CCN1CCCC1CNC(N)=NCc1ccc(Oc2cccc(F)c2)nc1.I. The Labute approximate surface area is 182 Å². The van der Waals surface area contributed by atoms with E-state index >= 15 is 0 Å². The highest BCUT2D eigenvalue weighted by atomic mass is 127. The average Bonchev–Trinajstić information content (AvgIpc) is 3.13. The number of likely N-dealkylation sites (N-methyl/N-ethyl adjacent to an activating group) is 1. The molecule has 6 nitrogen and oxygen atoms in total. The second kappa shape index (κ2) is 11.2. The number of aromatic nitrogens is 1. The third-order valence-corrected chi connectivity index (χ3v) is 4.67. The Morgan fingerprint density at radius 1 is 1.39 bits per heavy atom. The molecule has 2 aromatic rings.